The molecule has 0 amide bonds. The van der Waals surface area contributed by atoms with Gasteiger partial charge in [-0.05, 0) is 43.0 Å². The van der Waals surface area contributed by atoms with E-state index in [2.05, 4.69) is 30.4 Å². The molecule has 1 aliphatic rings. The molecule has 0 radical (unpaired) electrons. The highest BCUT2D eigenvalue weighted by Crippen LogP contribution is 2.20. The minimum Gasteiger partial charge on any atom is -0.486 e. The van der Waals surface area contributed by atoms with Crippen LogP contribution in [-0.4, -0.2) is 6.04 Å². The largest absolute Gasteiger partial charge is 0.486 e. The van der Waals surface area contributed by atoms with Gasteiger partial charge in [-0.1, -0.05) is 25.5 Å². The Kier molecular flexibility index (Phi) is 4.61. The molecule has 0 spiro atoms. The fourth-order valence-corrected chi connectivity index (χ4v) is 2.34. The molecule has 0 aliphatic heterocycles. The van der Waals surface area contributed by atoms with Gasteiger partial charge in [-0.3, -0.25) is 0 Å². The van der Waals surface area contributed by atoms with Crippen LogP contribution in [0.2, 0.25) is 0 Å². The highest BCUT2D eigenvalue weighted by Gasteiger charge is 2.20. The molecule has 1 heterocycles. The van der Waals surface area contributed by atoms with Crippen molar-refractivity contribution >= 4 is 0 Å². The number of benzene rings is 1. The van der Waals surface area contributed by atoms with Crippen LogP contribution in [0.3, 0.4) is 0 Å². The van der Waals surface area contributed by atoms with Gasteiger partial charge in [-0.25, -0.2) is 0 Å². The Hall–Kier alpha value is -1.74. The van der Waals surface area contributed by atoms with Crippen LogP contribution in [0.25, 0.3) is 0 Å². The topological polar surface area (TPSA) is 34.4 Å². The first kappa shape index (κ1) is 14.2. The Bertz CT molecular complexity index is 555. The molecule has 3 rings (SSSR count). The van der Waals surface area contributed by atoms with Crippen molar-refractivity contribution in [1.29, 1.82) is 0 Å². The maximum atomic E-state index is 5.76. The maximum Gasteiger partial charge on any atom is 0.146 e. The van der Waals surface area contributed by atoms with E-state index in [-0.39, 0.29) is 0 Å². The Balaban J connectivity index is 1.47. The second-order valence-electron chi connectivity index (χ2n) is 5.76. The Labute approximate surface area is 126 Å². The van der Waals surface area contributed by atoms with E-state index in [1.165, 1.54) is 30.4 Å². The molecular weight excluding hydrogens is 262 g/mol. The van der Waals surface area contributed by atoms with E-state index in [0.717, 1.165) is 30.5 Å². The quantitative estimate of drug-likeness (QED) is 0.794. The molecule has 0 saturated heterocycles. The first-order valence-electron chi connectivity index (χ1n) is 7.85. The molecule has 0 unspecified atom stereocenters. The lowest BCUT2D eigenvalue weighted by atomic mass is 10.1. The van der Waals surface area contributed by atoms with Gasteiger partial charge in [0.25, 0.3) is 0 Å². The third-order valence-corrected chi connectivity index (χ3v) is 3.72. The molecule has 1 saturated carbocycles. The highest BCUT2D eigenvalue weighted by atomic mass is 16.5. The van der Waals surface area contributed by atoms with Crippen LogP contribution in [0.1, 0.15) is 43.1 Å². The van der Waals surface area contributed by atoms with E-state index in [1.54, 1.807) is 0 Å². The monoisotopic (exact) mass is 285 g/mol. The van der Waals surface area contributed by atoms with E-state index in [4.69, 9.17) is 9.15 Å². The van der Waals surface area contributed by atoms with Gasteiger partial charge < -0.3 is 14.5 Å². The van der Waals surface area contributed by atoms with Gasteiger partial charge in [-0.2, -0.15) is 0 Å². The second-order valence-corrected chi connectivity index (χ2v) is 5.76. The van der Waals surface area contributed by atoms with Gasteiger partial charge >= 0.3 is 0 Å². The van der Waals surface area contributed by atoms with Crippen molar-refractivity contribution in [1.82, 2.24) is 5.32 Å². The zero-order valence-corrected chi connectivity index (χ0v) is 12.6. The van der Waals surface area contributed by atoms with Gasteiger partial charge in [-0.15, -0.1) is 0 Å². The van der Waals surface area contributed by atoms with E-state index < -0.39 is 0 Å². The predicted molar refractivity (Wildman–Crippen MR) is 83.3 cm³/mol. The number of nitrogens with one attached hydrogen (secondary N) is 1. The van der Waals surface area contributed by atoms with Crippen LogP contribution >= 0.6 is 0 Å². The van der Waals surface area contributed by atoms with Crippen LogP contribution in [0.4, 0.5) is 0 Å². The van der Waals surface area contributed by atoms with Crippen LogP contribution in [0.5, 0.6) is 5.75 Å². The summed E-state index contributed by atoms with van der Waals surface area (Å²) in [6, 6.07) is 11.1. The summed E-state index contributed by atoms with van der Waals surface area (Å²) in [4.78, 5) is 0. The van der Waals surface area contributed by atoms with Gasteiger partial charge in [0.1, 0.15) is 18.1 Å². The Morgan fingerprint density at radius 3 is 2.71 bits per heavy atom. The number of ether oxygens (including phenoxy) is 1. The summed E-state index contributed by atoms with van der Waals surface area (Å²) in [6.07, 6.45) is 6.72. The predicted octanol–water partition coefficient (Wildman–Crippen LogP) is 4.06. The third-order valence-electron chi connectivity index (χ3n) is 3.72. The van der Waals surface area contributed by atoms with E-state index in [9.17, 15) is 0 Å². The summed E-state index contributed by atoms with van der Waals surface area (Å²) < 4.78 is 11.3. The SMILES string of the molecule is CCCc1ccc(OCc2cc(CNC3CC3)co2)cc1. The van der Waals surface area contributed by atoms with Crippen molar-refractivity contribution in [2.45, 2.75) is 51.8 Å². The van der Waals surface area contributed by atoms with Crippen molar-refractivity contribution < 1.29 is 9.15 Å². The molecule has 2 aromatic rings. The van der Waals surface area contributed by atoms with Crippen molar-refractivity contribution in [2.75, 3.05) is 0 Å². The molecule has 3 heteroatoms. The van der Waals surface area contributed by atoms with E-state index in [0.29, 0.717) is 6.61 Å². The van der Waals surface area contributed by atoms with E-state index >= 15 is 0 Å². The van der Waals surface area contributed by atoms with Crippen molar-refractivity contribution in [3.8, 4) is 5.75 Å². The minimum absolute atomic E-state index is 0.483. The highest BCUT2D eigenvalue weighted by molar-refractivity contribution is 5.27. The number of furan rings is 1. The molecule has 112 valence electrons. The van der Waals surface area contributed by atoms with Crippen LogP contribution in [0.15, 0.2) is 41.0 Å². The third kappa shape index (κ3) is 4.36. The summed E-state index contributed by atoms with van der Waals surface area (Å²) in [5.74, 6) is 1.77. The lowest BCUT2D eigenvalue weighted by Crippen LogP contribution is -2.14. The normalized spacial score (nSPS) is 14.3. The molecule has 0 atom stereocenters. The molecule has 21 heavy (non-hydrogen) atoms. The van der Waals surface area contributed by atoms with Crippen LogP contribution in [0, 0.1) is 0 Å². The zero-order valence-electron chi connectivity index (χ0n) is 12.6. The van der Waals surface area contributed by atoms with Crippen LogP contribution in [-0.2, 0) is 19.6 Å². The van der Waals surface area contributed by atoms with Crippen molar-refractivity contribution in [3.05, 3.63) is 53.5 Å². The van der Waals surface area contributed by atoms with Gasteiger partial charge in [0.15, 0.2) is 0 Å². The van der Waals surface area contributed by atoms with Gasteiger partial charge in [0.05, 0.1) is 6.26 Å². The lowest BCUT2D eigenvalue weighted by molar-refractivity contribution is 0.270. The summed E-state index contributed by atoms with van der Waals surface area (Å²) in [6.45, 7) is 3.56. The fraction of sp³-hybridized carbons (Fsp3) is 0.444. The smallest absolute Gasteiger partial charge is 0.146 e. The van der Waals surface area contributed by atoms with Crippen molar-refractivity contribution in [3.63, 3.8) is 0 Å². The average Bonchev–Trinajstić information content (AvgIpc) is 3.23. The number of aryl methyl sites for hydroxylation is 1. The van der Waals surface area contributed by atoms with E-state index in [1.807, 2.05) is 18.4 Å². The average molecular weight is 285 g/mol. The molecule has 3 nitrogen and oxygen atoms in total. The fourth-order valence-electron chi connectivity index (χ4n) is 2.34. The molecule has 1 aromatic carbocycles. The number of hydrogen-bond donors (Lipinski definition) is 1. The zero-order chi connectivity index (χ0) is 14.5. The lowest BCUT2D eigenvalue weighted by Gasteiger charge is -2.05. The van der Waals surface area contributed by atoms with Gasteiger partial charge in [0.2, 0.25) is 0 Å². The number of rotatable bonds is 8. The molecule has 1 fully saturated rings. The van der Waals surface area contributed by atoms with Gasteiger partial charge in [0, 0.05) is 18.2 Å². The minimum atomic E-state index is 0.483. The first-order valence-corrected chi connectivity index (χ1v) is 7.85. The maximum absolute atomic E-state index is 5.76. The molecule has 0 bridgehead atoms. The van der Waals surface area contributed by atoms with Crippen LogP contribution < -0.4 is 10.1 Å². The Morgan fingerprint density at radius 2 is 2.00 bits per heavy atom. The second kappa shape index (κ2) is 6.81. The Morgan fingerprint density at radius 1 is 1.19 bits per heavy atom. The molecule has 1 aromatic heterocycles. The molecule has 1 N–H and O–H groups in total. The summed E-state index contributed by atoms with van der Waals surface area (Å²) in [5.41, 5.74) is 2.55. The summed E-state index contributed by atoms with van der Waals surface area (Å²) in [7, 11) is 0. The molecule has 1 aliphatic carbocycles. The summed E-state index contributed by atoms with van der Waals surface area (Å²) in [5, 5.41) is 3.48. The standard InChI is InChI=1S/C18H23NO2/c1-2-3-14-4-8-17(9-5-14)21-13-18-10-15(12-20-18)11-19-16-6-7-16/h4-5,8-10,12,16,19H,2-3,6-7,11,13H2,1H3. The summed E-state index contributed by atoms with van der Waals surface area (Å²) >= 11 is 0. The molecular formula is C18H23NO2. The van der Waals surface area contributed by atoms with Crippen molar-refractivity contribution in [2.24, 2.45) is 0 Å². The number of hydrogen-bond acceptors (Lipinski definition) is 3. The first-order chi connectivity index (χ1) is 10.3.